The Kier molecular flexibility index (Phi) is 2.54. The van der Waals surface area contributed by atoms with Crippen molar-refractivity contribution in [2.75, 3.05) is 0 Å². The van der Waals surface area contributed by atoms with E-state index in [-0.39, 0.29) is 5.70 Å². The third kappa shape index (κ3) is 2.12. The molecule has 3 nitrogen and oxygen atoms in total. The van der Waals surface area contributed by atoms with E-state index in [9.17, 15) is 4.79 Å². The molecule has 0 atom stereocenters. The summed E-state index contributed by atoms with van der Waals surface area (Å²) in [5.41, 5.74) is -0.132. The molecule has 0 aromatic carbocycles. The van der Waals surface area contributed by atoms with E-state index in [0.29, 0.717) is 0 Å². The molecule has 3 heteroatoms. The second-order valence-electron chi connectivity index (χ2n) is 1.14. The molecule has 0 amide bonds. The predicted molar refractivity (Wildman–Crippen MR) is 30.9 cm³/mol. The first-order valence-corrected chi connectivity index (χ1v) is 2.09. The Labute approximate surface area is 47.4 Å². The molecule has 0 heterocycles. The zero-order valence-corrected chi connectivity index (χ0v) is 4.59. The summed E-state index contributed by atoms with van der Waals surface area (Å²) in [6, 6.07) is 0. The van der Waals surface area contributed by atoms with Crippen LogP contribution < -0.4 is 0 Å². The van der Waals surface area contributed by atoms with Gasteiger partial charge in [0, 0.05) is 6.21 Å². The summed E-state index contributed by atoms with van der Waals surface area (Å²) >= 11 is 0. The largest absolute Gasteiger partial charge is 0.477 e. The highest BCUT2D eigenvalue weighted by Gasteiger charge is 1.96. The highest BCUT2D eigenvalue weighted by molar-refractivity contribution is 5.87. The van der Waals surface area contributed by atoms with Gasteiger partial charge in [-0.25, -0.2) is 4.79 Å². The van der Waals surface area contributed by atoms with Gasteiger partial charge in [0.05, 0.1) is 0 Å². The van der Waals surface area contributed by atoms with Gasteiger partial charge in [-0.05, 0) is 6.92 Å². The van der Waals surface area contributed by atoms with Gasteiger partial charge in [-0.2, -0.15) is 0 Å². The Hall–Kier alpha value is -1.12. The maximum Gasteiger partial charge on any atom is 0.353 e. The number of carboxylic acid groups (broad SMARTS) is 1. The second kappa shape index (κ2) is 2.96. The van der Waals surface area contributed by atoms with Crippen LogP contribution in [0.5, 0.6) is 0 Å². The minimum atomic E-state index is -1.08. The van der Waals surface area contributed by atoms with Crippen LogP contribution in [0.2, 0.25) is 0 Å². The number of aliphatic carboxylic acids is 1. The van der Waals surface area contributed by atoms with Crippen molar-refractivity contribution >= 4 is 12.2 Å². The van der Waals surface area contributed by atoms with Crippen LogP contribution in [0.3, 0.4) is 0 Å². The highest BCUT2D eigenvalue weighted by atomic mass is 16.4. The monoisotopic (exact) mass is 113 g/mol. The van der Waals surface area contributed by atoms with Crippen LogP contribution in [0.1, 0.15) is 6.92 Å². The van der Waals surface area contributed by atoms with E-state index >= 15 is 0 Å². The molecular weight excluding hydrogens is 106 g/mol. The molecule has 0 aliphatic carbocycles. The fourth-order valence-electron chi connectivity index (χ4n) is 0.211. The zero-order chi connectivity index (χ0) is 6.57. The molecule has 0 saturated carbocycles. The average Bonchev–Trinajstić information content (AvgIpc) is 1.67. The average molecular weight is 113 g/mol. The predicted octanol–water partition coefficient (Wildman–Crippen LogP) is 0.675. The number of hydrogen-bond acceptors (Lipinski definition) is 2. The fraction of sp³-hybridized carbons (Fsp3) is 0.200. The molecule has 0 aliphatic rings. The van der Waals surface area contributed by atoms with Gasteiger partial charge in [-0.15, -0.1) is 0 Å². The maximum atomic E-state index is 9.88. The SMILES string of the molecule is C=C(N=CC)C(=O)O. The van der Waals surface area contributed by atoms with Gasteiger partial charge in [0.25, 0.3) is 0 Å². The molecule has 0 spiro atoms. The topological polar surface area (TPSA) is 49.7 Å². The van der Waals surface area contributed by atoms with Crippen LogP contribution in [-0.2, 0) is 4.79 Å². The smallest absolute Gasteiger partial charge is 0.353 e. The minimum absolute atomic E-state index is 0.132. The van der Waals surface area contributed by atoms with Gasteiger partial charge >= 0.3 is 5.97 Å². The molecule has 0 aliphatic heterocycles. The summed E-state index contributed by atoms with van der Waals surface area (Å²) in [5, 5.41) is 8.10. The molecule has 44 valence electrons. The Morgan fingerprint density at radius 1 is 1.88 bits per heavy atom. The molecule has 8 heavy (non-hydrogen) atoms. The van der Waals surface area contributed by atoms with Gasteiger partial charge in [-0.1, -0.05) is 6.58 Å². The number of rotatable bonds is 2. The quantitative estimate of drug-likeness (QED) is 0.422. The Morgan fingerprint density at radius 2 is 2.38 bits per heavy atom. The summed E-state index contributed by atoms with van der Waals surface area (Å²) in [6.07, 6.45) is 1.39. The van der Waals surface area contributed by atoms with Gasteiger partial charge < -0.3 is 5.11 Å². The standard InChI is InChI=1S/C5H7NO2/c1-3-6-4(2)5(7)8/h3H,2H2,1H3,(H,7,8). The van der Waals surface area contributed by atoms with Crippen LogP contribution in [-0.4, -0.2) is 17.3 Å². The van der Waals surface area contributed by atoms with E-state index in [1.54, 1.807) is 6.92 Å². The van der Waals surface area contributed by atoms with Crippen molar-refractivity contribution in [2.45, 2.75) is 6.92 Å². The van der Waals surface area contributed by atoms with Crippen LogP contribution >= 0.6 is 0 Å². The van der Waals surface area contributed by atoms with Crippen LogP contribution in [0, 0.1) is 0 Å². The number of carboxylic acids is 1. The third-order valence-electron chi connectivity index (χ3n) is 0.532. The lowest BCUT2D eigenvalue weighted by Gasteiger charge is -1.84. The Morgan fingerprint density at radius 3 is 2.50 bits per heavy atom. The number of aliphatic imine (C=N–C) groups is 1. The first-order valence-electron chi connectivity index (χ1n) is 2.09. The summed E-state index contributed by atoms with van der Waals surface area (Å²) in [7, 11) is 0. The number of nitrogens with zero attached hydrogens (tertiary/aromatic N) is 1. The van der Waals surface area contributed by atoms with Crippen molar-refractivity contribution in [2.24, 2.45) is 4.99 Å². The summed E-state index contributed by atoms with van der Waals surface area (Å²) < 4.78 is 0. The maximum absolute atomic E-state index is 9.88. The fourth-order valence-corrected chi connectivity index (χ4v) is 0.211. The normalized spacial score (nSPS) is 9.62. The molecule has 0 aromatic heterocycles. The third-order valence-corrected chi connectivity index (χ3v) is 0.532. The summed E-state index contributed by atoms with van der Waals surface area (Å²) in [6.45, 7) is 4.78. The molecule has 0 rings (SSSR count). The van der Waals surface area contributed by atoms with Crippen molar-refractivity contribution < 1.29 is 9.90 Å². The Balaban J connectivity index is 3.85. The van der Waals surface area contributed by atoms with Crippen molar-refractivity contribution in [3.05, 3.63) is 12.3 Å². The Bertz CT molecular complexity index is 137. The molecule has 0 fully saturated rings. The molecule has 0 unspecified atom stereocenters. The number of hydrogen-bond donors (Lipinski definition) is 1. The molecule has 0 bridgehead atoms. The first-order chi connectivity index (χ1) is 3.68. The number of carbonyl (C=O) groups is 1. The van der Waals surface area contributed by atoms with Crippen LogP contribution in [0.25, 0.3) is 0 Å². The lowest BCUT2D eigenvalue weighted by atomic mass is 10.5. The molecule has 0 radical (unpaired) electrons. The van der Waals surface area contributed by atoms with Gasteiger partial charge in [-0.3, -0.25) is 4.99 Å². The zero-order valence-electron chi connectivity index (χ0n) is 4.59. The van der Waals surface area contributed by atoms with E-state index in [1.165, 1.54) is 6.21 Å². The molecule has 1 N–H and O–H groups in total. The summed E-state index contributed by atoms with van der Waals surface area (Å²) in [5.74, 6) is -1.08. The van der Waals surface area contributed by atoms with E-state index in [2.05, 4.69) is 11.6 Å². The molecular formula is C5H7NO2. The van der Waals surface area contributed by atoms with Crippen LogP contribution in [0.4, 0.5) is 0 Å². The van der Waals surface area contributed by atoms with Gasteiger partial charge in [0.1, 0.15) is 5.70 Å². The summed E-state index contributed by atoms with van der Waals surface area (Å²) in [4.78, 5) is 13.3. The van der Waals surface area contributed by atoms with Gasteiger partial charge in [0.15, 0.2) is 0 Å². The minimum Gasteiger partial charge on any atom is -0.477 e. The molecule has 0 aromatic rings. The second-order valence-corrected chi connectivity index (χ2v) is 1.14. The lowest BCUT2D eigenvalue weighted by molar-refractivity contribution is -0.132. The van der Waals surface area contributed by atoms with E-state index in [4.69, 9.17) is 5.11 Å². The highest BCUT2D eigenvalue weighted by Crippen LogP contribution is 1.87. The van der Waals surface area contributed by atoms with Crippen molar-refractivity contribution in [3.8, 4) is 0 Å². The van der Waals surface area contributed by atoms with Crippen LogP contribution in [0.15, 0.2) is 17.3 Å². The van der Waals surface area contributed by atoms with Crippen molar-refractivity contribution in [1.29, 1.82) is 0 Å². The van der Waals surface area contributed by atoms with E-state index in [0.717, 1.165) is 0 Å². The molecule has 0 saturated heterocycles. The van der Waals surface area contributed by atoms with E-state index < -0.39 is 5.97 Å². The first kappa shape index (κ1) is 6.88. The van der Waals surface area contributed by atoms with Crippen molar-refractivity contribution in [1.82, 2.24) is 0 Å². The van der Waals surface area contributed by atoms with Gasteiger partial charge in [0.2, 0.25) is 0 Å². The van der Waals surface area contributed by atoms with Crippen molar-refractivity contribution in [3.63, 3.8) is 0 Å². The lowest BCUT2D eigenvalue weighted by Crippen LogP contribution is -1.94. The van der Waals surface area contributed by atoms with E-state index in [1.807, 2.05) is 0 Å².